The Bertz CT molecular complexity index is 997. The van der Waals surface area contributed by atoms with Gasteiger partial charge in [0.05, 0.1) is 23.9 Å². The Morgan fingerprint density at radius 2 is 1.66 bits per heavy atom. The molecule has 12 atom stereocenters. The molecule has 0 bridgehead atoms. The Labute approximate surface area is 287 Å². The zero-order valence-corrected chi connectivity index (χ0v) is 31.2. The fourth-order valence-electron chi connectivity index (χ4n) is 6.60. The third-order valence-electron chi connectivity index (χ3n) is 9.37. The van der Waals surface area contributed by atoms with Crippen LogP contribution in [0.2, 0.25) is 0 Å². The quantitative estimate of drug-likeness (QED) is 0.311. The Hall–Kier alpha value is -0.566. The van der Waals surface area contributed by atoms with Gasteiger partial charge in [0, 0.05) is 77.0 Å². The van der Waals surface area contributed by atoms with Crippen LogP contribution in [0.15, 0.2) is 0 Å². The summed E-state index contributed by atoms with van der Waals surface area (Å²) in [4.78, 5) is 42.6. The predicted molar refractivity (Wildman–Crippen MR) is 156 cm³/mol. The molecule has 0 spiro atoms. The number of nitrogens with zero attached hydrogens (tertiary/aromatic N) is 1. The average Bonchev–Trinajstić information content (AvgIpc) is 2.94. The molecule has 11 nitrogen and oxygen atoms in total. The second-order valence-corrected chi connectivity index (χ2v) is 13.1. The molecule has 2 heterocycles. The monoisotopic (exact) mass is 707 g/mol. The number of ether oxygens (including phenoxy) is 5. The first-order valence-electron chi connectivity index (χ1n) is 15.0. The molecule has 2 aliphatic heterocycles. The molecule has 2 saturated heterocycles. The van der Waals surface area contributed by atoms with Gasteiger partial charge in [-0.15, -0.1) is 0 Å². The third-order valence-corrected chi connectivity index (χ3v) is 9.37. The van der Waals surface area contributed by atoms with Crippen molar-refractivity contribution in [1.29, 1.82) is 0 Å². The number of methoxy groups -OCH3 is 2. The minimum Gasteiger partial charge on any atom is -0.481 e. The maximum atomic E-state index is 16.5. The molecule has 253 valence electrons. The standard InChI is InChI=1S/C31H53FNO10.Y/c1-13-21-31(8,38)25(36)19(5)24(35)29(6,32)15-30(7,40-12)26(17(3)22(34)18(4)27(37)42-21)43-28-23(39-11)20(33(9)10)14-16(2)41-28;/h16-17,19-21,23,25-26,28,36,38H,13-15H2,1-12H3;/q-1;/t16-,17+,19?,20+,21-,23-,25-,26-,28+,29?,30-,31-;/m1./s1. The summed E-state index contributed by atoms with van der Waals surface area (Å²) in [5, 5.41) is 22.3. The first kappa shape index (κ1) is 41.5. The number of aliphatic hydroxyl groups is 2. The number of esters is 1. The summed E-state index contributed by atoms with van der Waals surface area (Å²) in [6, 6.07) is -0.116. The van der Waals surface area contributed by atoms with Gasteiger partial charge in [0.1, 0.15) is 17.8 Å². The van der Waals surface area contributed by atoms with Gasteiger partial charge >= 0.3 is 0 Å². The molecule has 44 heavy (non-hydrogen) atoms. The number of carbonyl (C=O) groups excluding carboxylic acids is 3. The number of halogens is 1. The summed E-state index contributed by atoms with van der Waals surface area (Å²) < 4.78 is 46.4. The largest absolute Gasteiger partial charge is 0.481 e. The maximum absolute atomic E-state index is 16.5. The molecule has 0 aromatic carbocycles. The number of Topliss-reactive ketones (excluding diaryl/α,β-unsaturated/α-hetero) is 2. The van der Waals surface area contributed by atoms with Crippen LogP contribution in [0.1, 0.15) is 74.7 Å². The van der Waals surface area contributed by atoms with Gasteiger partial charge in [0.15, 0.2) is 23.7 Å². The number of cyclic esters (lactones) is 1. The summed E-state index contributed by atoms with van der Waals surface area (Å²) in [5.41, 5.74) is -6.35. The van der Waals surface area contributed by atoms with Crippen LogP contribution in [0.5, 0.6) is 0 Å². The van der Waals surface area contributed by atoms with E-state index in [0.29, 0.717) is 6.42 Å². The van der Waals surface area contributed by atoms with Crippen LogP contribution in [0, 0.1) is 17.8 Å². The van der Waals surface area contributed by atoms with Crippen molar-refractivity contribution in [2.24, 2.45) is 11.8 Å². The molecule has 2 unspecified atom stereocenters. The van der Waals surface area contributed by atoms with Crippen molar-refractivity contribution >= 4 is 17.5 Å². The first-order chi connectivity index (χ1) is 19.7. The molecule has 0 saturated carbocycles. The summed E-state index contributed by atoms with van der Waals surface area (Å²) >= 11 is 0. The van der Waals surface area contributed by atoms with E-state index < -0.39 is 83.4 Å². The summed E-state index contributed by atoms with van der Waals surface area (Å²) in [7, 11) is 6.64. The molecule has 0 aliphatic carbocycles. The van der Waals surface area contributed by atoms with Crippen molar-refractivity contribution in [3.63, 3.8) is 0 Å². The van der Waals surface area contributed by atoms with Crippen molar-refractivity contribution in [2.45, 2.75) is 134 Å². The molecular formula is C31H53FNO10Y-. The number of hydrogen-bond donors (Lipinski definition) is 2. The number of ketones is 2. The summed E-state index contributed by atoms with van der Waals surface area (Å²) in [6.45, 7) is 11.4. The minimum absolute atomic E-state index is 0. The van der Waals surface area contributed by atoms with Crippen LogP contribution in [0.25, 0.3) is 0 Å². The number of alkyl halides is 1. The van der Waals surface area contributed by atoms with Crippen molar-refractivity contribution in [1.82, 2.24) is 4.90 Å². The maximum Gasteiger partial charge on any atom is 0.186 e. The number of likely N-dealkylation sites (N-methyl/N-ethyl adjacent to an activating group) is 1. The van der Waals surface area contributed by atoms with Crippen molar-refractivity contribution in [2.75, 3.05) is 28.3 Å². The van der Waals surface area contributed by atoms with Crippen molar-refractivity contribution in [3.05, 3.63) is 5.92 Å². The molecule has 2 aliphatic rings. The molecule has 13 heteroatoms. The second kappa shape index (κ2) is 16.0. The minimum atomic E-state index is -2.60. The number of aliphatic hydroxyl groups excluding tert-OH is 1. The van der Waals surface area contributed by atoms with E-state index in [9.17, 15) is 24.6 Å². The third kappa shape index (κ3) is 8.66. The van der Waals surface area contributed by atoms with Gasteiger partial charge in [-0.25, -0.2) is 10.3 Å². The summed E-state index contributed by atoms with van der Waals surface area (Å²) in [6.07, 6.45) is -6.07. The van der Waals surface area contributed by atoms with Crippen LogP contribution in [-0.4, -0.2) is 121 Å². The van der Waals surface area contributed by atoms with E-state index in [1.165, 1.54) is 48.8 Å². The molecular weight excluding hydrogens is 654 g/mol. The second-order valence-electron chi connectivity index (χ2n) is 13.1. The Morgan fingerprint density at radius 1 is 1.09 bits per heavy atom. The van der Waals surface area contributed by atoms with E-state index in [2.05, 4.69) is 0 Å². The van der Waals surface area contributed by atoms with E-state index >= 15 is 4.39 Å². The zero-order chi connectivity index (χ0) is 33.2. The van der Waals surface area contributed by atoms with Crippen LogP contribution in [0.3, 0.4) is 0 Å². The molecule has 2 rings (SSSR count). The molecule has 0 aromatic heterocycles. The predicted octanol–water partition coefficient (Wildman–Crippen LogP) is 2.42. The van der Waals surface area contributed by atoms with E-state index in [1.54, 1.807) is 6.92 Å². The van der Waals surface area contributed by atoms with Gasteiger partial charge < -0.3 is 43.6 Å². The van der Waals surface area contributed by atoms with Crippen LogP contribution >= 0.6 is 0 Å². The van der Waals surface area contributed by atoms with Gasteiger partial charge in [-0.05, 0) is 54.6 Å². The topological polar surface area (TPSA) is 141 Å². The van der Waals surface area contributed by atoms with Crippen molar-refractivity contribution < 1.29 is 85.4 Å². The van der Waals surface area contributed by atoms with Crippen LogP contribution < -0.4 is 0 Å². The first-order valence-corrected chi connectivity index (χ1v) is 15.0. The molecule has 1 radical (unpaired) electrons. The van der Waals surface area contributed by atoms with Crippen LogP contribution in [-0.2, 0) is 70.8 Å². The molecule has 0 aromatic rings. The van der Waals surface area contributed by atoms with Crippen LogP contribution in [0.4, 0.5) is 4.39 Å². The van der Waals surface area contributed by atoms with Gasteiger partial charge in [-0.2, -0.15) is 6.92 Å². The SMILES string of the molecule is CC[C@H]1OC(=O)[C-](C)C(=O)[C@H](C)[C@@H](O[C@@H]2O[C@H](C)C[C@H](N(C)C)[C@H]2OC)[C@](C)(OC)CC(C)(F)C(=O)C(C)[C@@H](O)[C@]1(C)O.[Y]. The molecule has 2 N–H and O–H groups in total. The molecule has 0 amide bonds. The van der Waals surface area contributed by atoms with Gasteiger partial charge in [-0.3, -0.25) is 9.59 Å². The number of hydrogen-bond acceptors (Lipinski definition) is 11. The van der Waals surface area contributed by atoms with E-state index in [4.69, 9.17) is 23.7 Å². The Kier molecular flexibility index (Phi) is 15.1. The van der Waals surface area contributed by atoms with E-state index in [1.807, 2.05) is 25.9 Å². The molecule has 2 fully saturated rings. The Balaban J connectivity index is 0.00000968. The fraction of sp³-hybridized carbons (Fsp3) is 0.871. The normalized spacial score (nSPS) is 43.3. The smallest absolute Gasteiger partial charge is 0.186 e. The van der Waals surface area contributed by atoms with Gasteiger partial charge in [0.2, 0.25) is 0 Å². The zero-order valence-electron chi connectivity index (χ0n) is 28.4. The average molecular weight is 708 g/mol. The van der Waals surface area contributed by atoms with Gasteiger partial charge in [-0.1, -0.05) is 20.8 Å². The van der Waals surface area contributed by atoms with E-state index in [-0.39, 0.29) is 57.2 Å². The fourth-order valence-corrected chi connectivity index (χ4v) is 6.60. The van der Waals surface area contributed by atoms with Gasteiger partial charge in [0.25, 0.3) is 0 Å². The van der Waals surface area contributed by atoms with Crippen molar-refractivity contribution in [3.8, 4) is 0 Å². The summed E-state index contributed by atoms with van der Waals surface area (Å²) in [5.74, 6) is -5.43. The number of carbonyl (C=O) groups is 3. The number of rotatable bonds is 6. The van der Waals surface area contributed by atoms with E-state index in [0.717, 1.165) is 6.92 Å². The Morgan fingerprint density at radius 3 is 2.14 bits per heavy atom.